The Kier molecular flexibility index (Phi) is 7.87. The molecule has 0 amide bonds. The van der Waals surface area contributed by atoms with Gasteiger partial charge in [-0.15, -0.1) is 0 Å². The zero-order valence-electron chi connectivity index (χ0n) is 28.6. The van der Waals surface area contributed by atoms with Gasteiger partial charge in [0.1, 0.15) is 11.9 Å². The molecule has 4 unspecified atom stereocenters. The highest BCUT2D eigenvalue weighted by Crippen LogP contribution is 2.89. The van der Waals surface area contributed by atoms with E-state index in [1.54, 1.807) is 13.8 Å². The van der Waals surface area contributed by atoms with Crippen LogP contribution < -0.4 is 11.5 Å². The van der Waals surface area contributed by atoms with Crippen LogP contribution in [0.3, 0.4) is 0 Å². The fraction of sp³-hybridized carbons (Fsp3) is 0.889. The first-order valence-electron chi connectivity index (χ1n) is 17.5. The normalized spacial score (nSPS) is 47.2. The lowest BCUT2D eigenvalue weighted by Crippen LogP contribution is -2.59. The maximum atomic E-state index is 12.3. The van der Waals surface area contributed by atoms with Crippen molar-refractivity contribution in [2.45, 2.75) is 136 Å². The average molecular weight is 631 g/mol. The van der Waals surface area contributed by atoms with E-state index in [1.807, 2.05) is 0 Å². The first kappa shape index (κ1) is 33.2. The van der Waals surface area contributed by atoms with Crippen LogP contribution in [0.15, 0.2) is 11.8 Å². The number of aliphatic hydroxyl groups is 2. The highest BCUT2D eigenvalue weighted by atomic mass is 16.6. The quantitative estimate of drug-likeness (QED) is 0.230. The van der Waals surface area contributed by atoms with E-state index in [-0.39, 0.29) is 75.9 Å². The minimum Gasteiger partial charge on any atom is -0.511 e. The molecule has 5 aliphatic carbocycles. The Bertz CT molecular complexity index is 1240. The second-order valence-corrected chi connectivity index (χ2v) is 17.4. The molecule has 5 saturated carbocycles. The number of nitrogens with two attached hydrogens (primary N) is 2. The largest absolute Gasteiger partial charge is 0.511 e. The second kappa shape index (κ2) is 10.7. The summed E-state index contributed by atoms with van der Waals surface area (Å²) in [6, 6.07) is 0. The van der Waals surface area contributed by atoms with E-state index in [2.05, 4.69) is 33.8 Å². The van der Waals surface area contributed by atoms with Crippen molar-refractivity contribution in [1.82, 2.24) is 0 Å². The summed E-state index contributed by atoms with van der Waals surface area (Å²) in [6.45, 7) is 14.1. The van der Waals surface area contributed by atoms with Gasteiger partial charge in [-0.1, -0.05) is 27.7 Å². The molecular formula is C36H58N2O7. The van der Waals surface area contributed by atoms with Crippen LogP contribution in [-0.4, -0.2) is 65.3 Å². The van der Waals surface area contributed by atoms with Crippen LogP contribution in [0.5, 0.6) is 0 Å². The lowest BCUT2D eigenvalue weighted by molar-refractivity contribution is -0.209. The van der Waals surface area contributed by atoms with Crippen LogP contribution in [0.25, 0.3) is 0 Å². The molecule has 9 heteroatoms. The van der Waals surface area contributed by atoms with E-state index in [0.29, 0.717) is 18.3 Å². The first-order chi connectivity index (χ1) is 20.9. The summed E-state index contributed by atoms with van der Waals surface area (Å²) in [5, 5.41) is 22.2. The summed E-state index contributed by atoms with van der Waals surface area (Å²) in [4.78, 5) is 24.4. The van der Waals surface area contributed by atoms with Crippen molar-refractivity contribution in [3.05, 3.63) is 11.8 Å². The van der Waals surface area contributed by atoms with Gasteiger partial charge in [-0.25, -0.2) is 0 Å². The topological polar surface area (TPSA) is 154 Å². The Morgan fingerprint density at radius 3 is 2.33 bits per heavy atom. The van der Waals surface area contributed by atoms with Crippen LogP contribution in [0, 0.1) is 50.7 Å². The Morgan fingerprint density at radius 1 is 1.04 bits per heavy atom. The van der Waals surface area contributed by atoms with Gasteiger partial charge in [0.15, 0.2) is 6.10 Å². The van der Waals surface area contributed by atoms with E-state index < -0.39 is 23.8 Å². The highest BCUT2D eigenvalue weighted by molar-refractivity contribution is 5.71. The summed E-state index contributed by atoms with van der Waals surface area (Å²) in [5.41, 5.74) is 10.3. The van der Waals surface area contributed by atoms with Gasteiger partial charge in [0.2, 0.25) is 0 Å². The van der Waals surface area contributed by atoms with Crippen molar-refractivity contribution in [1.29, 1.82) is 0 Å². The molecule has 9 nitrogen and oxygen atoms in total. The number of allylic oxidation sites excluding steroid dienone is 1. The Morgan fingerprint density at radius 2 is 1.71 bits per heavy atom. The molecule has 1 aliphatic heterocycles. The van der Waals surface area contributed by atoms with Crippen molar-refractivity contribution >= 4 is 11.9 Å². The molecule has 6 N–H and O–H groups in total. The molecule has 0 aromatic rings. The van der Waals surface area contributed by atoms with Crippen LogP contribution in [0.2, 0.25) is 0 Å². The van der Waals surface area contributed by atoms with Crippen molar-refractivity contribution in [3.63, 3.8) is 0 Å². The van der Waals surface area contributed by atoms with Crippen LogP contribution in [-0.2, 0) is 23.8 Å². The first-order valence-corrected chi connectivity index (χ1v) is 17.5. The van der Waals surface area contributed by atoms with Crippen LogP contribution >= 0.6 is 0 Å². The predicted octanol–water partition coefficient (Wildman–Crippen LogP) is 4.78. The zero-order valence-corrected chi connectivity index (χ0v) is 28.6. The van der Waals surface area contributed by atoms with Gasteiger partial charge in [-0.05, 0) is 118 Å². The number of fused-ring (bicyclic) bond motifs is 4. The summed E-state index contributed by atoms with van der Waals surface area (Å²) in [5.74, 6) is 0.893. The minimum absolute atomic E-state index is 0.0867. The summed E-state index contributed by atoms with van der Waals surface area (Å²) in [7, 11) is 0. The average Bonchev–Trinajstić information content (AvgIpc) is 3.54. The van der Waals surface area contributed by atoms with E-state index in [0.717, 1.165) is 44.9 Å². The summed E-state index contributed by atoms with van der Waals surface area (Å²) in [6.07, 6.45) is 9.67. The molecule has 6 aliphatic rings. The summed E-state index contributed by atoms with van der Waals surface area (Å²) >= 11 is 0. The van der Waals surface area contributed by atoms with E-state index in [4.69, 9.17) is 25.7 Å². The van der Waals surface area contributed by atoms with E-state index >= 15 is 0 Å². The number of ether oxygens (including phenoxy) is 3. The molecule has 0 bridgehead atoms. The SMILES string of the molecule is CC(=O)O[C@@H](C1C[C@@H](C)C2C(C[C@@]3(/C=C(\O)CN)[C@@H]4CCC5C(C)(C)[C@@H](OC(=O)CN)CC[C@@]56C[C@@]46CC[C@]23C)O1)C(C)(C)O. The number of aliphatic hydroxyl groups excluding tert-OH is 1. The standard InChI is InChI=1S/C36H58N2O7/c1-20-14-23(30(32(5,6)42)43-21(2)39)44-24-16-36(15-22(40)17-37)26-9-8-25-31(3,4)27(45-28(41)18-38)10-11-34(25)19-35(26,34)13-12-33(36,7)29(20)24/h15,20,23-27,29-30,40,42H,8-14,16-19,37-38H2,1-7H3/b22-15-/t20-,23?,24?,25?,26-,27+,29?,30+,33-,34-,35+,36+/m1/s1. The lowest BCUT2D eigenvalue weighted by atomic mass is 9.41. The highest BCUT2D eigenvalue weighted by Gasteiger charge is 2.84. The molecule has 6 fully saturated rings. The number of carbonyl (C=O) groups is 2. The van der Waals surface area contributed by atoms with Gasteiger partial charge in [-0.2, -0.15) is 0 Å². The maximum absolute atomic E-state index is 12.3. The third-order valence-corrected chi connectivity index (χ3v) is 14.6. The molecule has 2 spiro atoms. The number of esters is 2. The van der Waals surface area contributed by atoms with Gasteiger partial charge in [0, 0.05) is 17.8 Å². The number of hydrogen-bond donors (Lipinski definition) is 4. The minimum atomic E-state index is -1.25. The predicted molar refractivity (Wildman–Crippen MR) is 170 cm³/mol. The molecule has 45 heavy (non-hydrogen) atoms. The van der Waals surface area contributed by atoms with E-state index in [1.165, 1.54) is 13.3 Å². The van der Waals surface area contributed by atoms with Crippen molar-refractivity contribution in [3.8, 4) is 0 Å². The molecular weight excluding hydrogens is 572 g/mol. The number of rotatable bonds is 7. The van der Waals surface area contributed by atoms with Crippen LogP contribution in [0.1, 0.15) is 106 Å². The monoisotopic (exact) mass is 630 g/mol. The van der Waals surface area contributed by atoms with Crippen molar-refractivity contribution in [2.24, 2.45) is 62.2 Å². The molecule has 12 atom stereocenters. The van der Waals surface area contributed by atoms with Crippen LogP contribution in [0.4, 0.5) is 0 Å². The number of hydrogen-bond acceptors (Lipinski definition) is 9. The molecule has 254 valence electrons. The zero-order chi connectivity index (χ0) is 33.0. The summed E-state index contributed by atoms with van der Waals surface area (Å²) < 4.78 is 18.6. The second-order valence-electron chi connectivity index (χ2n) is 17.4. The molecule has 0 radical (unpaired) electrons. The van der Waals surface area contributed by atoms with Crippen molar-refractivity contribution < 1.29 is 34.0 Å². The molecule has 1 heterocycles. The molecule has 6 rings (SSSR count). The molecule has 0 aromatic heterocycles. The smallest absolute Gasteiger partial charge is 0.319 e. The molecule has 0 aromatic carbocycles. The fourth-order valence-electron chi connectivity index (χ4n) is 13.1. The number of carbonyl (C=O) groups excluding carboxylic acids is 2. The van der Waals surface area contributed by atoms with Gasteiger partial charge >= 0.3 is 11.9 Å². The third-order valence-electron chi connectivity index (χ3n) is 14.6. The fourth-order valence-corrected chi connectivity index (χ4v) is 13.1. The Balaban J connectivity index is 1.37. The molecule has 1 saturated heterocycles. The van der Waals surface area contributed by atoms with Crippen molar-refractivity contribution in [2.75, 3.05) is 13.1 Å². The van der Waals surface area contributed by atoms with Gasteiger partial charge in [0.25, 0.3) is 0 Å². The Labute approximate surface area is 269 Å². The third kappa shape index (κ3) is 4.60. The van der Waals surface area contributed by atoms with Gasteiger partial charge in [0.05, 0.1) is 30.9 Å². The van der Waals surface area contributed by atoms with E-state index in [9.17, 15) is 19.8 Å². The lowest BCUT2D eigenvalue weighted by Gasteiger charge is -2.63. The van der Waals surface area contributed by atoms with Gasteiger partial charge < -0.3 is 35.9 Å². The Hall–Kier alpha value is -1.68. The van der Waals surface area contributed by atoms with Gasteiger partial charge in [-0.3, -0.25) is 9.59 Å². The maximum Gasteiger partial charge on any atom is 0.319 e.